The number of hydrogen-bond acceptors (Lipinski definition) is 3. The van der Waals surface area contributed by atoms with Crippen molar-refractivity contribution in [2.75, 3.05) is 19.7 Å². The molecule has 1 aromatic carbocycles. The first-order valence-corrected chi connectivity index (χ1v) is 6.42. The Labute approximate surface area is 94.9 Å². The molecule has 0 aromatic heterocycles. The number of benzene rings is 1. The van der Waals surface area contributed by atoms with Gasteiger partial charge in [0.05, 0.1) is 11.5 Å². The normalized spacial score (nSPS) is 17.4. The summed E-state index contributed by atoms with van der Waals surface area (Å²) in [5.41, 5.74) is 0.750. The van der Waals surface area contributed by atoms with E-state index in [1.807, 2.05) is 0 Å². The highest BCUT2D eigenvalue weighted by Crippen LogP contribution is 2.19. The monoisotopic (exact) mass is 239 g/mol. The van der Waals surface area contributed by atoms with Crippen molar-refractivity contribution >= 4 is 10.0 Å². The summed E-state index contributed by atoms with van der Waals surface area (Å²) >= 11 is 0. The van der Waals surface area contributed by atoms with Gasteiger partial charge in [0.25, 0.3) is 0 Å². The van der Waals surface area contributed by atoms with Crippen molar-refractivity contribution in [2.45, 2.75) is 4.90 Å². The molecule has 0 aliphatic carbocycles. The highest BCUT2D eigenvalue weighted by molar-refractivity contribution is 7.89. The molecule has 1 aromatic rings. The van der Waals surface area contributed by atoms with Crippen LogP contribution < -0.4 is 0 Å². The lowest BCUT2D eigenvalue weighted by Gasteiger charge is -2.16. The van der Waals surface area contributed by atoms with Crippen molar-refractivity contribution in [3.63, 3.8) is 0 Å². The van der Waals surface area contributed by atoms with Crippen LogP contribution in [0, 0.1) is 0 Å². The van der Waals surface area contributed by atoms with Gasteiger partial charge in [0, 0.05) is 13.1 Å². The maximum Gasteiger partial charge on any atom is 0.243 e. The molecule has 86 valence electrons. The number of sulfonamides is 1. The molecular formula is C11H13NO3S. The fourth-order valence-corrected chi connectivity index (χ4v) is 3.03. The van der Waals surface area contributed by atoms with E-state index in [4.69, 9.17) is 5.11 Å². The zero-order chi connectivity index (χ0) is 11.6. The van der Waals surface area contributed by atoms with Crippen LogP contribution in [-0.4, -0.2) is 37.5 Å². The smallest absolute Gasteiger partial charge is 0.243 e. The minimum atomic E-state index is -3.41. The molecule has 0 saturated carbocycles. The van der Waals surface area contributed by atoms with Crippen molar-refractivity contribution in [1.82, 2.24) is 4.31 Å². The molecule has 0 amide bonds. The van der Waals surface area contributed by atoms with Crippen molar-refractivity contribution in [2.24, 2.45) is 0 Å². The average molecular weight is 239 g/mol. The van der Waals surface area contributed by atoms with Crippen molar-refractivity contribution in [1.29, 1.82) is 0 Å². The molecule has 2 rings (SSSR count). The van der Waals surface area contributed by atoms with E-state index >= 15 is 0 Å². The van der Waals surface area contributed by atoms with Crippen molar-refractivity contribution < 1.29 is 13.5 Å². The standard InChI is InChI=1S/C11H13NO3S/c13-9-10-6-7-12(8-10)16(14,15)11-4-2-1-3-5-11/h1-6,13H,7-9H2. The lowest BCUT2D eigenvalue weighted by Crippen LogP contribution is -2.29. The molecule has 0 unspecified atom stereocenters. The Kier molecular flexibility index (Phi) is 3.09. The van der Waals surface area contributed by atoms with Crippen LogP contribution in [0.1, 0.15) is 0 Å². The summed E-state index contributed by atoms with van der Waals surface area (Å²) in [6.45, 7) is 0.543. The van der Waals surface area contributed by atoms with Gasteiger partial charge in [-0.1, -0.05) is 24.3 Å². The highest BCUT2D eigenvalue weighted by atomic mass is 32.2. The predicted molar refractivity (Wildman–Crippen MR) is 60.4 cm³/mol. The predicted octanol–water partition coefficient (Wildman–Crippen LogP) is 0.610. The summed E-state index contributed by atoms with van der Waals surface area (Å²) in [7, 11) is -3.41. The molecule has 16 heavy (non-hydrogen) atoms. The summed E-state index contributed by atoms with van der Waals surface area (Å²) in [4.78, 5) is 0.294. The third-order valence-corrected chi connectivity index (χ3v) is 4.37. The Morgan fingerprint density at radius 3 is 2.50 bits per heavy atom. The molecule has 0 atom stereocenters. The van der Waals surface area contributed by atoms with Crippen LogP contribution in [0.5, 0.6) is 0 Å². The van der Waals surface area contributed by atoms with Crippen molar-refractivity contribution in [3.05, 3.63) is 42.0 Å². The van der Waals surface area contributed by atoms with Gasteiger partial charge in [-0.15, -0.1) is 0 Å². The molecular weight excluding hydrogens is 226 g/mol. The van der Waals surface area contributed by atoms with Gasteiger partial charge in [0.2, 0.25) is 10.0 Å². The summed E-state index contributed by atoms with van der Waals surface area (Å²) in [5, 5.41) is 8.93. The fourth-order valence-electron chi connectivity index (χ4n) is 1.63. The van der Waals surface area contributed by atoms with Gasteiger partial charge in [-0.3, -0.25) is 0 Å². The van der Waals surface area contributed by atoms with E-state index in [0.29, 0.717) is 11.4 Å². The van der Waals surface area contributed by atoms with Crippen LogP contribution in [0.2, 0.25) is 0 Å². The second-order valence-corrected chi connectivity index (χ2v) is 5.57. The van der Waals surface area contributed by atoms with E-state index in [0.717, 1.165) is 5.57 Å². The SMILES string of the molecule is O=S(=O)(c1ccccc1)N1CC=C(CO)C1. The molecule has 0 bridgehead atoms. The first-order valence-electron chi connectivity index (χ1n) is 4.98. The summed E-state index contributed by atoms with van der Waals surface area (Å²) < 4.78 is 25.6. The molecule has 1 heterocycles. The summed E-state index contributed by atoms with van der Waals surface area (Å²) in [6, 6.07) is 8.33. The number of nitrogens with zero attached hydrogens (tertiary/aromatic N) is 1. The van der Waals surface area contributed by atoms with Crippen LogP contribution in [0.3, 0.4) is 0 Å². The molecule has 0 fully saturated rings. The van der Waals surface area contributed by atoms with E-state index < -0.39 is 10.0 Å². The second kappa shape index (κ2) is 4.37. The molecule has 1 aliphatic heterocycles. The topological polar surface area (TPSA) is 57.6 Å². The zero-order valence-electron chi connectivity index (χ0n) is 8.70. The van der Waals surface area contributed by atoms with Gasteiger partial charge in [-0.05, 0) is 17.7 Å². The first-order chi connectivity index (χ1) is 7.64. The lowest BCUT2D eigenvalue weighted by molar-refractivity contribution is 0.325. The summed E-state index contributed by atoms with van der Waals surface area (Å²) in [6.07, 6.45) is 1.75. The lowest BCUT2D eigenvalue weighted by atomic mass is 10.3. The molecule has 1 N–H and O–H groups in total. The minimum Gasteiger partial charge on any atom is -0.392 e. The number of rotatable bonds is 3. The number of aliphatic hydroxyl groups is 1. The van der Waals surface area contributed by atoms with E-state index in [-0.39, 0.29) is 13.2 Å². The molecule has 0 saturated heterocycles. The van der Waals surface area contributed by atoms with Gasteiger partial charge in [0.1, 0.15) is 0 Å². The number of hydrogen-bond donors (Lipinski definition) is 1. The third-order valence-electron chi connectivity index (χ3n) is 2.55. The Morgan fingerprint density at radius 2 is 1.94 bits per heavy atom. The number of aliphatic hydroxyl groups excluding tert-OH is 1. The maximum absolute atomic E-state index is 12.1. The Balaban J connectivity index is 2.23. The van der Waals surface area contributed by atoms with Crippen LogP contribution in [0.15, 0.2) is 46.9 Å². The van der Waals surface area contributed by atoms with Crippen LogP contribution in [0.25, 0.3) is 0 Å². The largest absolute Gasteiger partial charge is 0.392 e. The molecule has 0 spiro atoms. The Morgan fingerprint density at radius 1 is 1.25 bits per heavy atom. The Hall–Kier alpha value is -1.17. The average Bonchev–Trinajstić information content (AvgIpc) is 2.79. The van der Waals surface area contributed by atoms with Crippen molar-refractivity contribution in [3.8, 4) is 0 Å². The summed E-state index contributed by atoms with van der Waals surface area (Å²) in [5.74, 6) is 0. The molecule has 0 radical (unpaired) electrons. The minimum absolute atomic E-state index is 0.0825. The first kappa shape index (κ1) is 11.3. The van der Waals surface area contributed by atoms with Gasteiger partial charge in [-0.25, -0.2) is 8.42 Å². The van der Waals surface area contributed by atoms with Crippen LogP contribution >= 0.6 is 0 Å². The van der Waals surface area contributed by atoms with Gasteiger partial charge < -0.3 is 5.11 Å². The van der Waals surface area contributed by atoms with Gasteiger partial charge in [-0.2, -0.15) is 4.31 Å². The molecule has 4 nitrogen and oxygen atoms in total. The highest BCUT2D eigenvalue weighted by Gasteiger charge is 2.27. The van der Waals surface area contributed by atoms with E-state index in [1.165, 1.54) is 4.31 Å². The maximum atomic E-state index is 12.1. The third kappa shape index (κ3) is 2.02. The van der Waals surface area contributed by atoms with E-state index in [9.17, 15) is 8.42 Å². The Bertz CT molecular complexity index is 493. The van der Waals surface area contributed by atoms with Crippen LogP contribution in [-0.2, 0) is 10.0 Å². The van der Waals surface area contributed by atoms with E-state index in [1.54, 1.807) is 36.4 Å². The molecule has 5 heteroatoms. The molecule has 1 aliphatic rings. The van der Waals surface area contributed by atoms with Gasteiger partial charge >= 0.3 is 0 Å². The second-order valence-electron chi connectivity index (χ2n) is 3.63. The van der Waals surface area contributed by atoms with Gasteiger partial charge in [0.15, 0.2) is 0 Å². The van der Waals surface area contributed by atoms with Crippen LogP contribution in [0.4, 0.5) is 0 Å². The zero-order valence-corrected chi connectivity index (χ0v) is 9.52. The quantitative estimate of drug-likeness (QED) is 0.786. The van der Waals surface area contributed by atoms with E-state index in [2.05, 4.69) is 0 Å². The fraction of sp³-hybridized carbons (Fsp3) is 0.273.